The molecule has 1 aromatic heterocycles. The first kappa shape index (κ1) is 13.8. The third kappa shape index (κ3) is 2.52. The Labute approximate surface area is 122 Å². The van der Waals surface area contributed by atoms with Gasteiger partial charge in [-0.3, -0.25) is 0 Å². The van der Waals surface area contributed by atoms with Gasteiger partial charge in [0.25, 0.3) is 10.0 Å². The molecule has 0 N–H and O–H groups in total. The molecule has 106 valence electrons. The molecule has 0 amide bonds. The van der Waals surface area contributed by atoms with Crippen LogP contribution in [0.2, 0.25) is 0 Å². The van der Waals surface area contributed by atoms with E-state index in [1.807, 2.05) is 30.3 Å². The Kier molecular flexibility index (Phi) is 3.89. The number of thiophene rings is 1. The molecule has 6 heteroatoms. The summed E-state index contributed by atoms with van der Waals surface area (Å²) >= 11 is 1.25. The van der Waals surface area contributed by atoms with Crippen LogP contribution < -0.4 is 0 Å². The minimum absolute atomic E-state index is 0.253. The van der Waals surface area contributed by atoms with Crippen molar-refractivity contribution >= 4 is 21.4 Å². The van der Waals surface area contributed by atoms with Crippen LogP contribution in [0.15, 0.2) is 52.1 Å². The molecular weight excluding hydrogens is 294 g/mol. The largest absolute Gasteiger partial charge is 0.378 e. The average molecular weight is 309 g/mol. The van der Waals surface area contributed by atoms with Crippen molar-refractivity contribution in [1.82, 2.24) is 4.31 Å². The number of morpholine rings is 1. The van der Waals surface area contributed by atoms with Crippen molar-refractivity contribution in [3.63, 3.8) is 0 Å². The van der Waals surface area contributed by atoms with Crippen LogP contribution in [0.3, 0.4) is 0 Å². The molecule has 0 aliphatic carbocycles. The van der Waals surface area contributed by atoms with Gasteiger partial charge in [0.15, 0.2) is 0 Å². The number of hydrogen-bond donors (Lipinski definition) is 0. The number of rotatable bonds is 3. The summed E-state index contributed by atoms with van der Waals surface area (Å²) < 4.78 is 32.8. The Bertz CT molecular complexity index is 653. The predicted molar refractivity (Wildman–Crippen MR) is 78.2 cm³/mol. The van der Waals surface area contributed by atoms with Gasteiger partial charge in [-0.25, -0.2) is 8.42 Å². The summed E-state index contributed by atoms with van der Waals surface area (Å²) in [6.45, 7) is 1.22. The Morgan fingerprint density at radius 3 is 2.65 bits per heavy atom. The molecule has 0 spiro atoms. The predicted octanol–water partition coefficient (Wildman–Crippen LogP) is 2.51. The molecule has 1 saturated heterocycles. The van der Waals surface area contributed by atoms with Crippen molar-refractivity contribution in [1.29, 1.82) is 0 Å². The molecule has 0 saturated carbocycles. The number of benzene rings is 1. The normalized spacial score (nSPS) is 20.9. The molecule has 2 heterocycles. The van der Waals surface area contributed by atoms with Gasteiger partial charge in [-0.2, -0.15) is 4.31 Å². The van der Waals surface area contributed by atoms with Gasteiger partial charge in [-0.1, -0.05) is 36.4 Å². The van der Waals surface area contributed by atoms with Crippen LogP contribution in [0.5, 0.6) is 0 Å². The van der Waals surface area contributed by atoms with Gasteiger partial charge in [0.05, 0.1) is 19.3 Å². The van der Waals surface area contributed by atoms with E-state index in [0.717, 1.165) is 5.56 Å². The Hall–Kier alpha value is -1.21. The molecule has 0 radical (unpaired) electrons. The first-order chi connectivity index (χ1) is 9.69. The minimum Gasteiger partial charge on any atom is -0.378 e. The highest BCUT2D eigenvalue weighted by molar-refractivity contribution is 7.91. The van der Waals surface area contributed by atoms with Crippen LogP contribution in [0.25, 0.3) is 0 Å². The summed E-state index contributed by atoms with van der Waals surface area (Å²) in [6.07, 6.45) is 0. The fourth-order valence-electron chi connectivity index (χ4n) is 2.34. The van der Waals surface area contributed by atoms with Gasteiger partial charge in [0.2, 0.25) is 0 Å². The fourth-order valence-corrected chi connectivity index (χ4v) is 5.04. The smallest absolute Gasteiger partial charge is 0.253 e. The summed E-state index contributed by atoms with van der Waals surface area (Å²) in [5.74, 6) is 0. The highest BCUT2D eigenvalue weighted by atomic mass is 32.2. The Morgan fingerprint density at radius 1 is 1.15 bits per heavy atom. The molecule has 1 aromatic carbocycles. The first-order valence-corrected chi connectivity index (χ1v) is 8.69. The van der Waals surface area contributed by atoms with Crippen LogP contribution in [0.1, 0.15) is 11.6 Å². The topological polar surface area (TPSA) is 46.6 Å². The molecular formula is C14H15NO3S2. The maximum absolute atomic E-state index is 12.7. The van der Waals surface area contributed by atoms with Crippen molar-refractivity contribution < 1.29 is 13.2 Å². The molecule has 2 aromatic rings. The van der Waals surface area contributed by atoms with Gasteiger partial charge >= 0.3 is 0 Å². The van der Waals surface area contributed by atoms with Gasteiger partial charge in [-0.15, -0.1) is 11.3 Å². The van der Waals surface area contributed by atoms with E-state index in [4.69, 9.17) is 4.74 Å². The van der Waals surface area contributed by atoms with E-state index in [0.29, 0.717) is 24.0 Å². The van der Waals surface area contributed by atoms with Crippen LogP contribution in [0, 0.1) is 0 Å². The highest BCUT2D eigenvalue weighted by Crippen LogP contribution is 2.31. The number of nitrogens with zero attached hydrogens (tertiary/aromatic N) is 1. The maximum atomic E-state index is 12.7. The summed E-state index contributed by atoms with van der Waals surface area (Å²) in [7, 11) is -3.44. The van der Waals surface area contributed by atoms with Crippen molar-refractivity contribution in [2.45, 2.75) is 10.3 Å². The average Bonchev–Trinajstić information content (AvgIpc) is 3.03. The molecule has 1 aliphatic heterocycles. The van der Waals surface area contributed by atoms with E-state index in [1.165, 1.54) is 11.3 Å². The standard InChI is InChI=1S/C14H15NO3S2/c16-20(17,14-7-4-10-19-14)15-8-9-18-11-13(15)12-5-2-1-3-6-12/h1-7,10,13H,8-9,11H2. The summed E-state index contributed by atoms with van der Waals surface area (Å²) in [4.78, 5) is 0. The maximum Gasteiger partial charge on any atom is 0.253 e. The molecule has 3 rings (SSSR count). The summed E-state index contributed by atoms with van der Waals surface area (Å²) in [6, 6.07) is 12.8. The van der Waals surface area contributed by atoms with Gasteiger partial charge < -0.3 is 4.74 Å². The minimum atomic E-state index is -3.44. The molecule has 1 unspecified atom stereocenters. The van der Waals surface area contributed by atoms with E-state index >= 15 is 0 Å². The first-order valence-electron chi connectivity index (χ1n) is 6.37. The van der Waals surface area contributed by atoms with Crippen molar-refractivity contribution in [2.75, 3.05) is 19.8 Å². The van der Waals surface area contributed by atoms with Crippen LogP contribution in [-0.2, 0) is 14.8 Å². The van der Waals surface area contributed by atoms with Crippen molar-refractivity contribution in [3.05, 3.63) is 53.4 Å². The zero-order valence-corrected chi connectivity index (χ0v) is 12.4. The van der Waals surface area contributed by atoms with E-state index in [1.54, 1.807) is 21.8 Å². The zero-order chi connectivity index (χ0) is 14.0. The third-order valence-electron chi connectivity index (χ3n) is 3.32. The monoisotopic (exact) mass is 309 g/mol. The quantitative estimate of drug-likeness (QED) is 0.875. The Morgan fingerprint density at radius 2 is 1.95 bits per heavy atom. The van der Waals surface area contributed by atoms with E-state index < -0.39 is 10.0 Å². The lowest BCUT2D eigenvalue weighted by Crippen LogP contribution is -2.43. The van der Waals surface area contributed by atoms with E-state index in [2.05, 4.69) is 0 Å². The summed E-state index contributed by atoms with van der Waals surface area (Å²) in [5.41, 5.74) is 0.965. The van der Waals surface area contributed by atoms with Crippen molar-refractivity contribution in [2.24, 2.45) is 0 Å². The third-order valence-corrected chi connectivity index (χ3v) is 6.60. The zero-order valence-electron chi connectivity index (χ0n) is 10.8. The van der Waals surface area contributed by atoms with Crippen LogP contribution in [-0.4, -0.2) is 32.5 Å². The number of hydrogen-bond acceptors (Lipinski definition) is 4. The van der Waals surface area contributed by atoms with Crippen LogP contribution >= 0.6 is 11.3 Å². The lowest BCUT2D eigenvalue weighted by atomic mass is 10.1. The number of sulfonamides is 1. The van der Waals surface area contributed by atoms with Gasteiger partial charge in [0.1, 0.15) is 4.21 Å². The highest BCUT2D eigenvalue weighted by Gasteiger charge is 2.35. The lowest BCUT2D eigenvalue weighted by Gasteiger charge is -2.34. The SMILES string of the molecule is O=S(=O)(c1cccs1)N1CCOCC1c1ccccc1. The molecule has 0 bridgehead atoms. The van der Waals surface area contributed by atoms with Crippen LogP contribution in [0.4, 0.5) is 0 Å². The molecule has 1 atom stereocenters. The lowest BCUT2D eigenvalue weighted by molar-refractivity contribution is 0.0321. The molecule has 1 aliphatic rings. The summed E-state index contributed by atoms with van der Waals surface area (Å²) in [5, 5.41) is 1.78. The Balaban J connectivity index is 1.98. The molecule has 20 heavy (non-hydrogen) atoms. The number of ether oxygens (including phenoxy) is 1. The second-order valence-electron chi connectivity index (χ2n) is 4.55. The molecule has 1 fully saturated rings. The molecule has 4 nitrogen and oxygen atoms in total. The van der Waals surface area contributed by atoms with E-state index in [-0.39, 0.29) is 6.04 Å². The van der Waals surface area contributed by atoms with Gasteiger partial charge in [-0.05, 0) is 17.0 Å². The fraction of sp³-hybridized carbons (Fsp3) is 0.286. The second-order valence-corrected chi connectivity index (χ2v) is 7.61. The van der Waals surface area contributed by atoms with Gasteiger partial charge in [0, 0.05) is 6.54 Å². The van der Waals surface area contributed by atoms with Crippen molar-refractivity contribution in [3.8, 4) is 0 Å². The second kappa shape index (κ2) is 5.65. The van der Waals surface area contributed by atoms with E-state index in [9.17, 15) is 8.42 Å².